The molecule has 1 amide bonds. The quantitative estimate of drug-likeness (QED) is 0.253. The number of carbonyl (C=O) groups excluding carboxylic acids is 1. The van der Waals surface area contributed by atoms with Crippen molar-refractivity contribution in [2.75, 3.05) is 11.4 Å². The number of anilines is 1. The fourth-order valence-corrected chi connectivity index (χ4v) is 5.02. The number of rotatable bonds is 8. The van der Waals surface area contributed by atoms with Gasteiger partial charge >= 0.3 is 0 Å². The van der Waals surface area contributed by atoms with Crippen LogP contribution in [0.3, 0.4) is 0 Å². The van der Waals surface area contributed by atoms with Crippen molar-refractivity contribution in [1.29, 1.82) is 0 Å². The van der Waals surface area contributed by atoms with Gasteiger partial charge in [-0.05, 0) is 35.4 Å². The van der Waals surface area contributed by atoms with Gasteiger partial charge in [-0.3, -0.25) is 9.20 Å². The van der Waals surface area contributed by atoms with Gasteiger partial charge in [0.1, 0.15) is 12.4 Å². The van der Waals surface area contributed by atoms with Crippen LogP contribution in [0.2, 0.25) is 0 Å². The minimum Gasteiger partial charge on any atom is -0.506 e. The average molecular weight is 545 g/mol. The van der Waals surface area contributed by atoms with Crippen LogP contribution in [0, 0.1) is 0 Å². The molecule has 0 bridgehead atoms. The Labute approximate surface area is 236 Å². The normalized spacial score (nSPS) is 11.3. The average Bonchev–Trinajstić information content (AvgIpc) is 3.44. The molecule has 0 saturated heterocycles. The number of para-hydroxylation sites is 2. The number of fused-ring (bicyclic) bond motifs is 3. The number of benzene rings is 3. The summed E-state index contributed by atoms with van der Waals surface area (Å²) in [5.74, 6) is 0.339. The molecule has 0 aliphatic heterocycles. The van der Waals surface area contributed by atoms with E-state index in [0.717, 1.165) is 38.9 Å². The summed E-state index contributed by atoms with van der Waals surface area (Å²) in [5, 5.41) is 29.3. The molecular weight excluding hydrogens is 516 g/mol. The number of aliphatic hydroxyl groups is 1. The van der Waals surface area contributed by atoms with Crippen LogP contribution in [0.4, 0.5) is 5.69 Å². The van der Waals surface area contributed by atoms with Crippen LogP contribution >= 0.6 is 0 Å². The van der Waals surface area contributed by atoms with E-state index in [1.165, 1.54) is 0 Å². The van der Waals surface area contributed by atoms with E-state index >= 15 is 0 Å². The first kappa shape index (κ1) is 26.1. The lowest BCUT2D eigenvalue weighted by molar-refractivity contribution is -0.118. The summed E-state index contributed by atoms with van der Waals surface area (Å²) in [6.07, 6.45) is 1.99. The van der Waals surface area contributed by atoms with E-state index in [0.29, 0.717) is 17.2 Å². The van der Waals surface area contributed by atoms with Gasteiger partial charge in [0.15, 0.2) is 11.5 Å². The van der Waals surface area contributed by atoms with Gasteiger partial charge < -0.3 is 20.8 Å². The molecule has 0 fully saturated rings. The van der Waals surface area contributed by atoms with Crippen molar-refractivity contribution in [3.05, 3.63) is 109 Å². The SMILES string of the molecule is NCCC(=O)N(Cc1ccc(-c2nc3ccn4c(CO)nnc4c3cc2-c2ccccc2)cc1)c1ccccc1O. The number of phenolic OH excluding ortho intramolecular Hbond substituents is 1. The number of nitrogens with two attached hydrogens (primary N) is 1. The van der Waals surface area contributed by atoms with Gasteiger partial charge in [-0.25, -0.2) is 4.98 Å². The Kier molecular flexibility index (Phi) is 7.11. The summed E-state index contributed by atoms with van der Waals surface area (Å²) in [6, 6.07) is 28.7. The van der Waals surface area contributed by atoms with Crippen molar-refractivity contribution < 1.29 is 15.0 Å². The highest BCUT2D eigenvalue weighted by Crippen LogP contribution is 2.35. The zero-order valence-corrected chi connectivity index (χ0v) is 22.2. The molecule has 9 nitrogen and oxygen atoms in total. The molecule has 0 spiro atoms. The van der Waals surface area contributed by atoms with Crippen molar-refractivity contribution in [3.8, 4) is 28.1 Å². The Bertz CT molecular complexity index is 1850. The number of aromatic nitrogens is 4. The second-order valence-corrected chi connectivity index (χ2v) is 9.67. The highest BCUT2D eigenvalue weighted by atomic mass is 16.3. The number of aliphatic hydroxyl groups excluding tert-OH is 1. The smallest absolute Gasteiger partial charge is 0.228 e. The summed E-state index contributed by atoms with van der Waals surface area (Å²) >= 11 is 0. The van der Waals surface area contributed by atoms with E-state index < -0.39 is 0 Å². The highest BCUT2D eigenvalue weighted by Gasteiger charge is 2.19. The van der Waals surface area contributed by atoms with E-state index in [2.05, 4.69) is 16.3 Å². The molecule has 0 atom stereocenters. The second kappa shape index (κ2) is 11.2. The van der Waals surface area contributed by atoms with Crippen LogP contribution in [0.15, 0.2) is 97.2 Å². The zero-order valence-electron chi connectivity index (χ0n) is 22.2. The molecule has 6 aromatic rings. The van der Waals surface area contributed by atoms with E-state index in [-0.39, 0.29) is 37.8 Å². The molecule has 0 radical (unpaired) electrons. The number of aromatic hydroxyl groups is 1. The van der Waals surface area contributed by atoms with E-state index in [1.54, 1.807) is 33.6 Å². The van der Waals surface area contributed by atoms with Crippen LogP contribution in [-0.4, -0.2) is 42.2 Å². The maximum Gasteiger partial charge on any atom is 0.228 e. The minimum absolute atomic E-state index is 0.0373. The number of carbonyl (C=O) groups is 1. The summed E-state index contributed by atoms with van der Waals surface area (Å²) < 4.78 is 1.77. The van der Waals surface area contributed by atoms with Crippen LogP contribution in [0.1, 0.15) is 17.8 Å². The monoisotopic (exact) mass is 544 g/mol. The van der Waals surface area contributed by atoms with E-state index in [1.807, 2.05) is 66.9 Å². The first-order chi connectivity index (χ1) is 20.1. The summed E-state index contributed by atoms with van der Waals surface area (Å²) in [6.45, 7) is 0.293. The largest absolute Gasteiger partial charge is 0.506 e. The third kappa shape index (κ3) is 5.00. The molecule has 0 aliphatic rings. The molecular formula is C32H28N6O3. The fourth-order valence-electron chi connectivity index (χ4n) is 5.02. The standard InChI is InChI=1S/C32H28N6O3/c33-16-14-30(41)38(27-8-4-5-9-28(27)40)19-21-10-12-23(13-11-21)31-24(22-6-2-1-3-7-22)18-25-26(34-31)15-17-37-29(20-39)35-36-32(25)37/h1-13,15,17-18,39-40H,14,16,19-20,33H2. The number of hydrogen-bond acceptors (Lipinski definition) is 7. The summed E-state index contributed by atoms with van der Waals surface area (Å²) in [4.78, 5) is 19.5. The number of pyridine rings is 2. The number of nitrogens with zero attached hydrogens (tertiary/aromatic N) is 5. The number of hydrogen-bond donors (Lipinski definition) is 3. The lowest BCUT2D eigenvalue weighted by Crippen LogP contribution is -2.31. The third-order valence-electron chi connectivity index (χ3n) is 7.07. The van der Waals surface area contributed by atoms with Crippen molar-refractivity contribution in [2.45, 2.75) is 19.6 Å². The first-order valence-electron chi connectivity index (χ1n) is 13.3. The maximum absolute atomic E-state index is 12.9. The Morgan fingerprint density at radius 1 is 0.902 bits per heavy atom. The maximum atomic E-state index is 12.9. The Balaban J connectivity index is 1.42. The highest BCUT2D eigenvalue weighted by molar-refractivity contribution is 5.98. The number of amides is 1. The molecule has 3 aromatic heterocycles. The van der Waals surface area contributed by atoms with Crippen LogP contribution in [-0.2, 0) is 17.9 Å². The van der Waals surface area contributed by atoms with Gasteiger partial charge in [0, 0.05) is 35.7 Å². The summed E-state index contributed by atoms with van der Waals surface area (Å²) in [5.41, 5.74) is 12.0. The Morgan fingerprint density at radius 3 is 2.39 bits per heavy atom. The van der Waals surface area contributed by atoms with Crippen molar-refractivity contribution in [3.63, 3.8) is 0 Å². The van der Waals surface area contributed by atoms with Gasteiger partial charge in [0.05, 0.1) is 23.4 Å². The number of phenols is 1. The topological polar surface area (TPSA) is 130 Å². The van der Waals surface area contributed by atoms with Crippen LogP contribution in [0.25, 0.3) is 38.9 Å². The first-order valence-corrected chi connectivity index (χ1v) is 13.3. The lowest BCUT2D eigenvalue weighted by Gasteiger charge is -2.24. The predicted molar refractivity (Wildman–Crippen MR) is 158 cm³/mol. The molecule has 41 heavy (non-hydrogen) atoms. The predicted octanol–water partition coefficient (Wildman–Crippen LogP) is 4.69. The van der Waals surface area contributed by atoms with E-state index in [9.17, 15) is 15.0 Å². The van der Waals surface area contributed by atoms with Gasteiger partial charge in [-0.1, -0.05) is 66.7 Å². The molecule has 4 N–H and O–H groups in total. The third-order valence-corrected chi connectivity index (χ3v) is 7.07. The lowest BCUT2D eigenvalue weighted by atomic mass is 9.97. The summed E-state index contributed by atoms with van der Waals surface area (Å²) in [7, 11) is 0. The zero-order chi connectivity index (χ0) is 28.3. The van der Waals surface area contributed by atoms with E-state index in [4.69, 9.17) is 10.7 Å². The minimum atomic E-state index is -0.213. The van der Waals surface area contributed by atoms with Gasteiger partial charge in [0.25, 0.3) is 0 Å². The molecule has 0 unspecified atom stereocenters. The molecule has 0 aliphatic carbocycles. The molecule has 6 rings (SSSR count). The van der Waals surface area contributed by atoms with Crippen LogP contribution in [0.5, 0.6) is 5.75 Å². The molecule has 204 valence electrons. The second-order valence-electron chi connectivity index (χ2n) is 9.67. The van der Waals surface area contributed by atoms with Gasteiger partial charge in [-0.15, -0.1) is 10.2 Å². The Morgan fingerprint density at radius 2 is 1.66 bits per heavy atom. The van der Waals surface area contributed by atoms with Gasteiger partial charge in [-0.2, -0.15) is 0 Å². The molecule has 3 heterocycles. The van der Waals surface area contributed by atoms with Crippen LogP contribution < -0.4 is 10.6 Å². The fraction of sp³-hybridized carbons (Fsp3) is 0.125. The Hall–Kier alpha value is -5.12. The van der Waals surface area contributed by atoms with Gasteiger partial charge in [0.2, 0.25) is 5.91 Å². The van der Waals surface area contributed by atoms with Crippen molar-refractivity contribution in [1.82, 2.24) is 19.6 Å². The van der Waals surface area contributed by atoms with Crippen molar-refractivity contribution in [2.24, 2.45) is 5.73 Å². The van der Waals surface area contributed by atoms with Crippen molar-refractivity contribution >= 4 is 28.1 Å². The molecule has 9 heteroatoms. The molecule has 3 aromatic carbocycles. The molecule has 0 saturated carbocycles.